The monoisotopic (exact) mass is 309 g/mol. The number of hydrogen-bond acceptors (Lipinski definition) is 5. The lowest BCUT2D eigenvalue weighted by Crippen LogP contribution is -2.45. The van der Waals surface area contributed by atoms with Crippen LogP contribution >= 0.6 is 12.4 Å². The zero-order valence-corrected chi connectivity index (χ0v) is 12.1. The molecule has 1 aromatic rings. The Balaban J connectivity index is 0.00000324. The van der Waals surface area contributed by atoms with E-state index in [4.69, 9.17) is 5.73 Å². The molecule has 9 heteroatoms. The quantitative estimate of drug-likeness (QED) is 0.622. The van der Waals surface area contributed by atoms with Crippen LogP contribution in [0.25, 0.3) is 0 Å². The Morgan fingerprint density at radius 2 is 2.00 bits per heavy atom. The van der Waals surface area contributed by atoms with Gasteiger partial charge >= 0.3 is 0 Å². The molecule has 0 radical (unpaired) electrons. The molecule has 7 nitrogen and oxygen atoms in total. The van der Waals surface area contributed by atoms with Crippen LogP contribution < -0.4 is 10.5 Å². The van der Waals surface area contributed by atoms with E-state index in [2.05, 4.69) is 4.72 Å². The molecule has 0 aliphatic rings. The van der Waals surface area contributed by atoms with Crippen molar-refractivity contribution in [2.75, 3.05) is 6.54 Å². The fourth-order valence-corrected chi connectivity index (χ4v) is 2.39. The average molecular weight is 310 g/mol. The van der Waals surface area contributed by atoms with E-state index in [1.165, 1.54) is 18.2 Å². The summed E-state index contributed by atoms with van der Waals surface area (Å²) in [5.74, 6) is 0. The number of halogens is 1. The van der Waals surface area contributed by atoms with Gasteiger partial charge in [-0.05, 0) is 19.9 Å². The molecule has 0 aliphatic heterocycles. The van der Waals surface area contributed by atoms with Crippen molar-refractivity contribution in [3.8, 4) is 0 Å². The van der Waals surface area contributed by atoms with Crippen molar-refractivity contribution in [2.45, 2.75) is 24.3 Å². The lowest BCUT2D eigenvalue weighted by molar-refractivity contribution is -0.385. The zero-order chi connectivity index (χ0) is 14.0. The zero-order valence-electron chi connectivity index (χ0n) is 10.5. The summed E-state index contributed by atoms with van der Waals surface area (Å²) in [6.07, 6.45) is 0. The lowest BCUT2D eigenvalue weighted by Gasteiger charge is -2.18. The fraction of sp³-hybridized carbons (Fsp3) is 0.400. The van der Waals surface area contributed by atoms with Crippen LogP contribution in [0.4, 0.5) is 5.69 Å². The van der Waals surface area contributed by atoms with Crippen LogP contribution in [0, 0.1) is 10.1 Å². The molecule has 1 aromatic carbocycles. The highest BCUT2D eigenvalue weighted by atomic mass is 35.5. The first kappa shape index (κ1) is 17.8. The number of nitrogens with zero attached hydrogens (tertiary/aromatic N) is 1. The summed E-state index contributed by atoms with van der Waals surface area (Å²) in [5.41, 5.74) is 4.69. The van der Waals surface area contributed by atoms with E-state index < -0.39 is 20.5 Å². The van der Waals surface area contributed by atoms with Crippen molar-refractivity contribution in [3.05, 3.63) is 34.4 Å². The number of hydrogen-bond donors (Lipinski definition) is 2. The number of nitro benzene ring substituents is 1. The van der Waals surface area contributed by atoms with Gasteiger partial charge in [-0.15, -0.1) is 12.4 Å². The van der Waals surface area contributed by atoms with E-state index in [0.717, 1.165) is 6.07 Å². The number of nitrogens with one attached hydrogen (secondary N) is 1. The van der Waals surface area contributed by atoms with Crippen LogP contribution in [-0.2, 0) is 10.0 Å². The maximum absolute atomic E-state index is 11.9. The van der Waals surface area contributed by atoms with Gasteiger partial charge in [0.2, 0.25) is 10.0 Å². The number of benzene rings is 1. The van der Waals surface area contributed by atoms with Crippen molar-refractivity contribution in [2.24, 2.45) is 5.73 Å². The Bertz CT molecular complexity index is 554. The van der Waals surface area contributed by atoms with E-state index in [0.29, 0.717) is 0 Å². The molecule has 0 fully saturated rings. The number of sulfonamides is 1. The summed E-state index contributed by atoms with van der Waals surface area (Å²) in [5, 5.41) is 10.6. The van der Waals surface area contributed by atoms with Gasteiger partial charge in [0.15, 0.2) is 0 Å². The molecule has 1 rings (SSSR count). The third kappa shape index (κ3) is 5.52. The van der Waals surface area contributed by atoms with Gasteiger partial charge in [0.25, 0.3) is 5.69 Å². The smallest absolute Gasteiger partial charge is 0.270 e. The Morgan fingerprint density at radius 3 is 2.47 bits per heavy atom. The van der Waals surface area contributed by atoms with Crippen LogP contribution in [0.3, 0.4) is 0 Å². The molecule has 19 heavy (non-hydrogen) atoms. The van der Waals surface area contributed by atoms with Gasteiger partial charge in [-0.3, -0.25) is 10.1 Å². The van der Waals surface area contributed by atoms with E-state index in [-0.39, 0.29) is 29.5 Å². The van der Waals surface area contributed by atoms with Gasteiger partial charge in [0.1, 0.15) is 0 Å². The fourth-order valence-electron chi connectivity index (χ4n) is 1.13. The average Bonchev–Trinajstić information content (AvgIpc) is 2.26. The minimum absolute atomic E-state index is 0. The predicted molar refractivity (Wildman–Crippen MR) is 73.8 cm³/mol. The van der Waals surface area contributed by atoms with Gasteiger partial charge in [0, 0.05) is 24.2 Å². The van der Waals surface area contributed by atoms with Gasteiger partial charge in [-0.25, -0.2) is 13.1 Å². The number of non-ortho nitro benzene ring substituents is 1. The summed E-state index contributed by atoms with van der Waals surface area (Å²) in [7, 11) is -3.78. The van der Waals surface area contributed by atoms with Crippen molar-refractivity contribution < 1.29 is 13.3 Å². The topological polar surface area (TPSA) is 115 Å². The molecule has 3 N–H and O–H groups in total. The highest BCUT2D eigenvalue weighted by Gasteiger charge is 2.20. The molecule has 0 saturated heterocycles. The molecular formula is C10H16ClN3O4S. The molecule has 0 aromatic heterocycles. The Labute approximate surface area is 117 Å². The third-order valence-electron chi connectivity index (χ3n) is 2.06. The summed E-state index contributed by atoms with van der Waals surface area (Å²) in [4.78, 5) is 9.77. The normalized spacial score (nSPS) is 11.7. The highest BCUT2D eigenvalue weighted by Crippen LogP contribution is 2.17. The molecule has 0 saturated carbocycles. The minimum atomic E-state index is -3.78. The van der Waals surface area contributed by atoms with Gasteiger partial charge in [-0.2, -0.15) is 0 Å². The maximum Gasteiger partial charge on any atom is 0.270 e. The second-order valence-electron chi connectivity index (χ2n) is 4.57. The molecule has 0 amide bonds. The van der Waals surface area contributed by atoms with Crippen molar-refractivity contribution in [1.82, 2.24) is 4.72 Å². The molecule has 108 valence electrons. The SMILES string of the molecule is CC(C)(N)CNS(=O)(=O)c1cccc([N+](=O)[O-])c1.Cl. The number of nitro groups is 1. The third-order valence-corrected chi connectivity index (χ3v) is 3.46. The first-order valence-corrected chi connectivity index (χ1v) is 6.63. The summed E-state index contributed by atoms with van der Waals surface area (Å²) in [6.45, 7) is 3.38. The molecule has 0 spiro atoms. The van der Waals surface area contributed by atoms with Crippen molar-refractivity contribution in [1.29, 1.82) is 0 Å². The first-order valence-electron chi connectivity index (χ1n) is 5.15. The number of nitrogens with two attached hydrogens (primary N) is 1. The Hall–Kier alpha value is -1.22. The number of rotatable bonds is 5. The van der Waals surface area contributed by atoms with E-state index in [1.807, 2.05) is 0 Å². The van der Waals surface area contributed by atoms with Gasteiger partial charge in [0.05, 0.1) is 9.82 Å². The van der Waals surface area contributed by atoms with Crippen molar-refractivity contribution in [3.63, 3.8) is 0 Å². The lowest BCUT2D eigenvalue weighted by atomic mass is 10.1. The van der Waals surface area contributed by atoms with Gasteiger partial charge in [-0.1, -0.05) is 6.07 Å². The van der Waals surface area contributed by atoms with Crippen LogP contribution in [0.15, 0.2) is 29.2 Å². The van der Waals surface area contributed by atoms with E-state index in [9.17, 15) is 18.5 Å². The second-order valence-corrected chi connectivity index (χ2v) is 6.33. The summed E-state index contributed by atoms with van der Waals surface area (Å²) < 4.78 is 26.0. The standard InChI is InChI=1S/C10H15N3O4S.ClH/c1-10(2,11)7-12-18(16,17)9-5-3-4-8(6-9)13(14)15;/h3-6,12H,7,11H2,1-2H3;1H. The summed E-state index contributed by atoms with van der Waals surface area (Å²) >= 11 is 0. The molecule has 0 heterocycles. The van der Waals surface area contributed by atoms with Gasteiger partial charge < -0.3 is 5.73 Å². The first-order chi connectivity index (χ1) is 8.12. The van der Waals surface area contributed by atoms with Crippen LogP contribution in [0.5, 0.6) is 0 Å². The molecule has 0 aliphatic carbocycles. The minimum Gasteiger partial charge on any atom is -0.324 e. The van der Waals surface area contributed by atoms with E-state index in [1.54, 1.807) is 13.8 Å². The summed E-state index contributed by atoms with van der Waals surface area (Å²) in [6, 6.07) is 4.84. The van der Waals surface area contributed by atoms with Crippen LogP contribution in [0.2, 0.25) is 0 Å². The van der Waals surface area contributed by atoms with E-state index >= 15 is 0 Å². The Kier molecular flexibility index (Phi) is 5.88. The largest absolute Gasteiger partial charge is 0.324 e. The molecule has 0 atom stereocenters. The van der Waals surface area contributed by atoms with Crippen LogP contribution in [0.1, 0.15) is 13.8 Å². The Morgan fingerprint density at radius 1 is 1.42 bits per heavy atom. The molecular weight excluding hydrogens is 294 g/mol. The second kappa shape index (κ2) is 6.29. The predicted octanol–water partition coefficient (Wildman–Crippen LogP) is 1.03. The molecule has 0 bridgehead atoms. The maximum atomic E-state index is 11.9. The highest BCUT2D eigenvalue weighted by molar-refractivity contribution is 7.89. The molecule has 0 unspecified atom stereocenters. The van der Waals surface area contributed by atoms with Crippen LogP contribution in [-0.4, -0.2) is 25.4 Å². The van der Waals surface area contributed by atoms with Crippen molar-refractivity contribution >= 4 is 28.1 Å².